The molecule has 2 saturated heterocycles. The maximum Gasteiger partial charge on any atom is 0.227 e. The highest BCUT2D eigenvalue weighted by Gasteiger charge is 2.37. The Labute approximate surface area is 124 Å². The molecular formula is C15H20ClFN2O. The zero-order chi connectivity index (χ0) is 13.2. The average Bonchev–Trinajstić information content (AvgIpc) is 2.66. The van der Waals surface area contributed by atoms with Gasteiger partial charge in [-0.25, -0.2) is 4.39 Å². The lowest BCUT2D eigenvalue weighted by atomic mass is 10.1. The van der Waals surface area contributed by atoms with E-state index in [-0.39, 0.29) is 30.6 Å². The highest BCUT2D eigenvalue weighted by molar-refractivity contribution is 5.85. The summed E-state index contributed by atoms with van der Waals surface area (Å²) < 4.78 is 13.6. The van der Waals surface area contributed by atoms with Crippen molar-refractivity contribution in [2.45, 2.75) is 37.8 Å². The minimum absolute atomic E-state index is 0. The van der Waals surface area contributed by atoms with E-state index in [4.69, 9.17) is 0 Å². The lowest BCUT2D eigenvalue weighted by Gasteiger charge is -2.28. The van der Waals surface area contributed by atoms with Crippen molar-refractivity contribution in [2.75, 3.05) is 13.1 Å². The summed E-state index contributed by atoms with van der Waals surface area (Å²) >= 11 is 0. The molecule has 3 rings (SSSR count). The van der Waals surface area contributed by atoms with Crippen LogP contribution >= 0.6 is 12.4 Å². The molecule has 2 bridgehead atoms. The van der Waals surface area contributed by atoms with Gasteiger partial charge in [-0.05, 0) is 37.4 Å². The van der Waals surface area contributed by atoms with E-state index in [9.17, 15) is 9.18 Å². The molecular weight excluding hydrogens is 279 g/mol. The zero-order valence-corrected chi connectivity index (χ0v) is 12.2. The monoisotopic (exact) mass is 298 g/mol. The average molecular weight is 299 g/mol. The van der Waals surface area contributed by atoms with Gasteiger partial charge in [0.05, 0.1) is 6.42 Å². The van der Waals surface area contributed by atoms with Gasteiger partial charge in [0, 0.05) is 18.6 Å². The summed E-state index contributed by atoms with van der Waals surface area (Å²) in [6, 6.07) is 7.20. The molecule has 5 heteroatoms. The molecule has 0 aromatic heterocycles. The van der Waals surface area contributed by atoms with Gasteiger partial charge in [0.2, 0.25) is 5.91 Å². The predicted octanol–water partition coefficient (Wildman–Crippen LogP) is 2.14. The van der Waals surface area contributed by atoms with Gasteiger partial charge >= 0.3 is 0 Å². The Morgan fingerprint density at radius 1 is 1.25 bits per heavy atom. The molecule has 1 N–H and O–H groups in total. The minimum Gasteiger partial charge on any atom is -0.335 e. The molecule has 1 amide bonds. The molecule has 110 valence electrons. The summed E-state index contributed by atoms with van der Waals surface area (Å²) in [5.74, 6) is -0.211. The van der Waals surface area contributed by atoms with Crippen molar-refractivity contribution in [3.8, 4) is 0 Å². The number of carbonyl (C=O) groups is 1. The molecule has 0 spiro atoms. The van der Waals surface area contributed by atoms with Crippen molar-refractivity contribution in [2.24, 2.45) is 0 Å². The van der Waals surface area contributed by atoms with Gasteiger partial charge in [-0.1, -0.05) is 18.2 Å². The molecule has 0 saturated carbocycles. The van der Waals surface area contributed by atoms with Crippen LogP contribution in [-0.2, 0) is 11.2 Å². The van der Waals surface area contributed by atoms with E-state index >= 15 is 0 Å². The smallest absolute Gasteiger partial charge is 0.227 e. The summed E-state index contributed by atoms with van der Waals surface area (Å²) in [5, 5.41) is 3.37. The first kappa shape index (κ1) is 15.3. The largest absolute Gasteiger partial charge is 0.335 e. The number of rotatable bonds is 2. The normalized spacial score (nSPS) is 24.9. The fourth-order valence-corrected chi connectivity index (χ4v) is 3.29. The molecule has 1 aromatic carbocycles. The van der Waals surface area contributed by atoms with Crippen LogP contribution < -0.4 is 5.32 Å². The first-order valence-corrected chi connectivity index (χ1v) is 7.01. The molecule has 2 fully saturated rings. The molecule has 3 nitrogen and oxygen atoms in total. The van der Waals surface area contributed by atoms with Gasteiger partial charge in [0.15, 0.2) is 0 Å². The van der Waals surface area contributed by atoms with Gasteiger partial charge in [-0.2, -0.15) is 0 Å². The van der Waals surface area contributed by atoms with Crippen LogP contribution in [0.2, 0.25) is 0 Å². The number of benzene rings is 1. The number of hydrogen-bond acceptors (Lipinski definition) is 2. The van der Waals surface area contributed by atoms with Crippen LogP contribution in [0.4, 0.5) is 4.39 Å². The lowest BCUT2D eigenvalue weighted by molar-refractivity contribution is -0.133. The number of nitrogens with zero attached hydrogens (tertiary/aromatic N) is 1. The highest BCUT2D eigenvalue weighted by Crippen LogP contribution is 2.28. The van der Waals surface area contributed by atoms with Gasteiger partial charge in [-0.3, -0.25) is 4.79 Å². The van der Waals surface area contributed by atoms with Gasteiger partial charge in [-0.15, -0.1) is 12.4 Å². The van der Waals surface area contributed by atoms with Crippen LogP contribution in [0.25, 0.3) is 0 Å². The third kappa shape index (κ3) is 2.96. The van der Waals surface area contributed by atoms with E-state index in [0.717, 1.165) is 32.4 Å². The SMILES string of the molecule is Cl.O=C(Cc1ccccc1F)N1C2CCNCC1CC2. The molecule has 2 aliphatic rings. The number of carbonyl (C=O) groups excluding carboxylic acids is 1. The number of amides is 1. The third-order valence-electron chi connectivity index (χ3n) is 4.24. The molecule has 0 aliphatic carbocycles. The van der Waals surface area contributed by atoms with E-state index in [1.54, 1.807) is 18.2 Å². The van der Waals surface area contributed by atoms with E-state index in [0.29, 0.717) is 17.6 Å². The topological polar surface area (TPSA) is 32.3 Å². The Kier molecular flexibility index (Phi) is 5.00. The molecule has 2 aliphatic heterocycles. The predicted molar refractivity (Wildman–Crippen MR) is 78.5 cm³/mol. The Hall–Kier alpha value is -1.13. The van der Waals surface area contributed by atoms with Crippen molar-refractivity contribution in [1.29, 1.82) is 0 Å². The fourth-order valence-electron chi connectivity index (χ4n) is 3.29. The highest BCUT2D eigenvalue weighted by atomic mass is 35.5. The van der Waals surface area contributed by atoms with Crippen LogP contribution in [0.5, 0.6) is 0 Å². The van der Waals surface area contributed by atoms with E-state index in [1.165, 1.54) is 6.07 Å². The van der Waals surface area contributed by atoms with E-state index < -0.39 is 0 Å². The molecule has 2 heterocycles. The number of nitrogens with one attached hydrogen (secondary N) is 1. The molecule has 2 unspecified atom stereocenters. The van der Waals surface area contributed by atoms with Gasteiger partial charge < -0.3 is 10.2 Å². The van der Waals surface area contributed by atoms with E-state index in [2.05, 4.69) is 5.32 Å². The first-order valence-electron chi connectivity index (χ1n) is 7.01. The second-order valence-corrected chi connectivity index (χ2v) is 5.45. The zero-order valence-electron chi connectivity index (χ0n) is 11.3. The maximum atomic E-state index is 13.6. The Morgan fingerprint density at radius 2 is 2.00 bits per heavy atom. The van der Waals surface area contributed by atoms with Crippen LogP contribution in [0.15, 0.2) is 24.3 Å². The van der Waals surface area contributed by atoms with Crippen molar-refractivity contribution >= 4 is 18.3 Å². The molecule has 0 radical (unpaired) electrons. The second kappa shape index (κ2) is 6.55. The quantitative estimate of drug-likeness (QED) is 0.907. The maximum absolute atomic E-state index is 13.6. The van der Waals surface area contributed by atoms with Crippen LogP contribution in [0, 0.1) is 5.82 Å². The molecule has 1 aromatic rings. The fraction of sp³-hybridized carbons (Fsp3) is 0.533. The standard InChI is InChI=1S/C15H19FN2O.ClH/c16-14-4-2-1-3-11(14)9-15(19)18-12-5-6-13(18)10-17-8-7-12;/h1-4,12-13,17H,5-10H2;1H. The summed E-state index contributed by atoms with van der Waals surface area (Å²) in [6.45, 7) is 1.85. The lowest BCUT2D eigenvalue weighted by Crippen LogP contribution is -2.43. The van der Waals surface area contributed by atoms with Crippen molar-refractivity contribution < 1.29 is 9.18 Å². The minimum atomic E-state index is -0.281. The number of hydrogen-bond donors (Lipinski definition) is 1. The summed E-state index contributed by atoms with van der Waals surface area (Å²) in [5.41, 5.74) is 0.504. The Balaban J connectivity index is 0.00000147. The Bertz CT molecular complexity index is 469. The summed E-state index contributed by atoms with van der Waals surface area (Å²) in [6.07, 6.45) is 3.36. The molecule has 2 atom stereocenters. The number of fused-ring (bicyclic) bond motifs is 2. The number of halogens is 2. The second-order valence-electron chi connectivity index (χ2n) is 5.45. The third-order valence-corrected chi connectivity index (χ3v) is 4.24. The van der Waals surface area contributed by atoms with Crippen LogP contribution in [0.3, 0.4) is 0 Å². The van der Waals surface area contributed by atoms with Gasteiger partial charge in [0.25, 0.3) is 0 Å². The van der Waals surface area contributed by atoms with Crippen molar-refractivity contribution in [3.05, 3.63) is 35.6 Å². The van der Waals surface area contributed by atoms with Crippen LogP contribution in [0.1, 0.15) is 24.8 Å². The Morgan fingerprint density at radius 3 is 2.80 bits per heavy atom. The van der Waals surface area contributed by atoms with Crippen molar-refractivity contribution in [1.82, 2.24) is 10.2 Å². The van der Waals surface area contributed by atoms with Crippen molar-refractivity contribution in [3.63, 3.8) is 0 Å². The molecule has 20 heavy (non-hydrogen) atoms. The van der Waals surface area contributed by atoms with E-state index in [1.807, 2.05) is 4.90 Å². The summed E-state index contributed by atoms with van der Waals surface area (Å²) in [7, 11) is 0. The first-order chi connectivity index (χ1) is 9.25. The van der Waals surface area contributed by atoms with Crippen LogP contribution in [-0.4, -0.2) is 36.0 Å². The summed E-state index contributed by atoms with van der Waals surface area (Å²) in [4.78, 5) is 14.5. The van der Waals surface area contributed by atoms with Gasteiger partial charge in [0.1, 0.15) is 5.82 Å².